The fraction of sp³-hybridized carbons (Fsp3) is 0.330. The highest BCUT2D eigenvalue weighted by atomic mass is 32.1. The fourth-order valence-electron chi connectivity index (χ4n) is 12.6. The highest BCUT2D eigenvalue weighted by Crippen LogP contribution is 2.24. The predicted molar refractivity (Wildman–Crippen MR) is 447 cm³/mol. The number of furan rings is 1. The number of hydrogen-bond acceptors (Lipinski definition) is 9. The Morgan fingerprint density at radius 3 is 0.841 bits per heavy atom. The van der Waals surface area contributed by atoms with Gasteiger partial charge < -0.3 is 9.40 Å². The van der Waals surface area contributed by atoms with Gasteiger partial charge >= 0.3 is 0 Å². The van der Waals surface area contributed by atoms with E-state index in [1.54, 1.807) is 83.3 Å². The number of nitrogens with one attached hydrogen (secondary N) is 1. The molecule has 0 saturated heterocycles. The van der Waals surface area contributed by atoms with E-state index in [4.69, 9.17) is 0 Å². The van der Waals surface area contributed by atoms with E-state index in [1.165, 1.54) is 144 Å². The molecule has 0 unspecified atom stereocenters. The third-order valence-corrected chi connectivity index (χ3v) is 19.0. The van der Waals surface area contributed by atoms with Crippen molar-refractivity contribution in [1.29, 1.82) is 0 Å². The van der Waals surface area contributed by atoms with E-state index in [9.17, 15) is 19.2 Å². The Bertz CT molecular complexity index is 3640. The van der Waals surface area contributed by atoms with Crippen molar-refractivity contribution in [2.45, 2.75) is 205 Å². The van der Waals surface area contributed by atoms with Crippen molar-refractivity contribution in [2.75, 3.05) is 0 Å². The number of aromatic nitrogens is 4. The van der Waals surface area contributed by atoms with Gasteiger partial charge in [-0.15, -0.1) is 0 Å². The lowest BCUT2D eigenvalue weighted by molar-refractivity contribution is -0.120. The Labute approximate surface area is 644 Å². The number of hydrogen-bond donors (Lipinski definition) is 1. The summed E-state index contributed by atoms with van der Waals surface area (Å²) in [6, 6.07) is 79.3. The molecule has 560 valence electrons. The number of fused-ring (bicyclic) bond motifs is 5. The van der Waals surface area contributed by atoms with Gasteiger partial charge in [-0.25, -0.2) is 0 Å². The lowest BCUT2D eigenvalue weighted by Crippen LogP contribution is -2.09. The van der Waals surface area contributed by atoms with E-state index < -0.39 is 0 Å². The Hall–Kier alpha value is -10.0. The van der Waals surface area contributed by atoms with Gasteiger partial charge in [0.2, 0.25) is 0 Å². The summed E-state index contributed by atoms with van der Waals surface area (Å²) in [4.78, 5) is 57.1. The minimum atomic E-state index is 0.301. The largest absolute Gasteiger partial charge is 0.473 e. The molecule has 0 bridgehead atoms. The molecular formula is C97H116N4O5S. The van der Waals surface area contributed by atoms with Crippen molar-refractivity contribution in [3.8, 4) is 0 Å². The molecule has 8 aliphatic carbocycles. The molecule has 1 N–H and O–H groups in total. The van der Waals surface area contributed by atoms with Crippen molar-refractivity contribution in [1.82, 2.24) is 19.9 Å². The smallest absolute Gasteiger partial charge is 0.163 e. The van der Waals surface area contributed by atoms with Crippen LogP contribution in [0.25, 0.3) is 10.8 Å². The van der Waals surface area contributed by atoms with Crippen molar-refractivity contribution >= 4 is 45.2 Å². The first-order chi connectivity index (χ1) is 52.9. The maximum absolute atomic E-state index is 11.3. The molecule has 107 heavy (non-hydrogen) atoms. The number of pyridine rings is 1. The van der Waals surface area contributed by atoms with Crippen molar-refractivity contribution in [3.05, 3.63) is 354 Å². The van der Waals surface area contributed by atoms with Crippen LogP contribution in [-0.2, 0) is 48.1 Å². The maximum atomic E-state index is 11.3. The predicted octanol–water partition coefficient (Wildman–Crippen LogP) is 25.8. The summed E-state index contributed by atoms with van der Waals surface area (Å²) >= 11 is 1.71. The van der Waals surface area contributed by atoms with Crippen LogP contribution < -0.4 is 0 Å². The summed E-state index contributed by atoms with van der Waals surface area (Å²) in [5.74, 6) is 1.53. The van der Waals surface area contributed by atoms with Crippen LogP contribution in [-0.4, -0.2) is 43.1 Å². The first-order valence-corrected chi connectivity index (χ1v) is 40.3. The molecule has 9 nitrogen and oxygen atoms in total. The monoisotopic (exact) mass is 1450 g/mol. The summed E-state index contributed by atoms with van der Waals surface area (Å²) in [5.41, 5.74) is 10.6. The van der Waals surface area contributed by atoms with Gasteiger partial charge in [-0.3, -0.25) is 34.1 Å². The Kier molecular flexibility index (Phi) is 47.5. The number of rotatable bonds is 0. The standard InChI is InChI=1S/C10H10O.C10H12.C10H8.C9H8O.C9H10.C6H10O.C6H12.C6H6.C5H5N.C5H8O.C5H10.C4H4N2.C4H5N.C4H4O.C4H4S/c11-10-7-3-5-8-4-1-2-6-9(8)10;2*1-2-6-10-8-4-3-7-9(10)5-1;10-9-6-5-7-3-1-2-4-8(7)9;1-2-5-9-7-3-6-8(9)4-1;7-6-4-2-1-3-5-6;3*1-2-4-6-5-3-1;6-5-3-1-2-4-5;1-2-4-5-3-1;1-2-6-4-3-5-1;3*1-2-4-5-3-1/h1-2,4,6H,3,5,7H2;1-2,5-6H,3-4,7-8H2;1-8H;1-4H,5-6H2;1-2,4-5H,3,6-7H2;1-5H2;1-6H2;1-6H;1-5H;1-4H2;1-5H2;1-4H;1-5H;2*1-4H. The number of ketones is 4. The summed E-state index contributed by atoms with van der Waals surface area (Å²) < 4.78 is 4.58. The second kappa shape index (κ2) is 59.1. The summed E-state index contributed by atoms with van der Waals surface area (Å²) in [6.07, 6.45) is 56.6. The average Bonchev–Trinajstić information content (AvgIpc) is 1.84. The molecule has 5 heterocycles. The van der Waals surface area contributed by atoms with Crippen LogP contribution >= 0.6 is 11.3 Å². The number of H-pyrrole nitrogens is 1. The Morgan fingerprint density at radius 1 is 0.243 bits per heavy atom. The molecule has 4 saturated carbocycles. The lowest BCUT2D eigenvalue weighted by atomic mass is 9.91. The SMILES string of the molecule is C1CCCC1.C1CCCCC1.O=C1CCCC1.O=C1CCCCC1.O=C1CCCc2ccccc21.O=C1CCc2ccccc21.c1cc[nH]c1.c1ccc2c(c1)CCC2.c1ccc2c(c1)CCCC2.c1ccc2ccccc2c1.c1ccccc1.c1ccncc1.c1ccoc1.c1ccsc1.c1cnccn1. The maximum Gasteiger partial charge on any atom is 0.163 e. The molecule has 5 aromatic heterocycles. The fourth-order valence-corrected chi connectivity index (χ4v) is 13.1. The topological polar surface area (TPSA) is 136 Å². The zero-order valence-electron chi connectivity index (χ0n) is 63.4. The third kappa shape index (κ3) is 41.5. The first-order valence-electron chi connectivity index (χ1n) is 39.3. The quantitative estimate of drug-likeness (QED) is 0.159. The summed E-state index contributed by atoms with van der Waals surface area (Å²) in [5, 5.41) is 6.70. The summed E-state index contributed by atoms with van der Waals surface area (Å²) in [6.45, 7) is 0. The molecular weight excluding hydrogens is 1330 g/mol. The van der Waals surface area contributed by atoms with Crippen LogP contribution in [0.15, 0.2) is 314 Å². The molecule has 8 aliphatic rings. The molecule has 0 atom stereocenters. The average molecular weight is 1450 g/mol. The number of thiophene rings is 1. The highest BCUT2D eigenvalue weighted by Gasteiger charge is 2.18. The molecule has 0 amide bonds. The van der Waals surface area contributed by atoms with Gasteiger partial charge in [-0.1, -0.05) is 277 Å². The van der Waals surface area contributed by atoms with E-state index in [2.05, 4.69) is 121 Å². The third-order valence-electron chi connectivity index (χ3n) is 18.4. The van der Waals surface area contributed by atoms with Crippen molar-refractivity contribution in [3.63, 3.8) is 0 Å². The van der Waals surface area contributed by atoms with Gasteiger partial charge in [-0.05, 0) is 181 Å². The molecule has 0 aliphatic heterocycles. The number of aromatic amines is 1. The van der Waals surface area contributed by atoms with Gasteiger partial charge in [0.1, 0.15) is 11.6 Å². The minimum absolute atomic E-state index is 0.301. The molecule has 0 spiro atoms. The molecule has 20 rings (SSSR count). The number of benzene rings is 7. The van der Waals surface area contributed by atoms with E-state index in [0.717, 1.165) is 88.2 Å². The Balaban J connectivity index is 0.000000181. The second-order valence-electron chi connectivity index (χ2n) is 26.7. The van der Waals surface area contributed by atoms with E-state index in [0.29, 0.717) is 29.6 Å². The molecule has 12 aromatic rings. The second-order valence-corrected chi connectivity index (χ2v) is 27.6. The van der Waals surface area contributed by atoms with Gasteiger partial charge in [0.25, 0.3) is 0 Å². The number of carbonyl (C=O) groups excluding carboxylic acids is 4. The van der Waals surface area contributed by atoms with Crippen molar-refractivity contribution < 1.29 is 23.6 Å². The zero-order chi connectivity index (χ0) is 75.0. The van der Waals surface area contributed by atoms with Crippen LogP contribution in [0.2, 0.25) is 0 Å². The van der Waals surface area contributed by atoms with Crippen LogP contribution in [0.4, 0.5) is 0 Å². The van der Waals surface area contributed by atoms with Crippen LogP contribution in [0.1, 0.15) is 221 Å². The highest BCUT2D eigenvalue weighted by molar-refractivity contribution is 7.07. The zero-order valence-corrected chi connectivity index (χ0v) is 64.2. The molecule has 7 aromatic carbocycles. The summed E-state index contributed by atoms with van der Waals surface area (Å²) in [7, 11) is 0. The lowest BCUT2D eigenvalue weighted by Gasteiger charge is -2.13. The number of Topliss-reactive ketones (excluding diaryl/α,β-unsaturated/α-hetero) is 4. The molecule has 4 fully saturated rings. The van der Waals surface area contributed by atoms with Gasteiger partial charge in [0.05, 0.1) is 12.5 Å². The van der Waals surface area contributed by atoms with Crippen LogP contribution in [0, 0.1) is 0 Å². The van der Waals surface area contributed by atoms with E-state index in [1.807, 2.05) is 163 Å². The Morgan fingerprint density at radius 2 is 0.542 bits per heavy atom. The van der Waals surface area contributed by atoms with Gasteiger partial charge in [0, 0.05) is 99.2 Å². The normalized spacial score (nSPS) is 14.5. The number of nitrogens with zero attached hydrogens (tertiary/aromatic N) is 3. The first kappa shape index (κ1) is 85.9. The minimum Gasteiger partial charge on any atom is -0.473 e. The van der Waals surface area contributed by atoms with Gasteiger partial charge in [0.15, 0.2) is 11.6 Å². The van der Waals surface area contributed by atoms with E-state index in [-0.39, 0.29) is 0 Å². The number of aryl methyl sites for hydroxylation is 6. The van der Waals surface area contributed by atoms with Crippen molar-refractivity contribution in [2.24, 2.45) is 0 Å². The number of carbonyl (C=O) groups is 4. The van der Waals surface area contributed by atoms with Gasteiger partial charge in [-0.2, -0.15) is 11.3 Å². The molecule has 10 heteroatoms. The van der Waals surface area contributed by atoms with Crippen LogP contribution in [0.3, 0.4) is 0 Å². The molecule has 0 radical (unpaired) electrons. The van der Waals surface area contributed by atoms with E-state index >= 15 is 0 Å². The van der Waals surface area contributed by atoms with Crippen LogP contribution in [0.5, 0.6) is 0 Å².